The molecule has 0 unspecified atom stereocenters. The van der Waals surface area contributed by atoms with Crippen LogP contribution in [-0.4, -0.2) is 45.4 Å². The molecule has 1 saturated heterocycles. The van der Waals surface area contributed by atoms with Crippen LogP contribution in [-0.2, 0) is 12.8 Å². The van der Waals surface area contributed by atoms with Gasteiger partial charge in [0, 0.05) is 37.7 Å². The van der Waals surface area contributed by atoms with E-state index in [0.29, 0.717) is 41.7 Å². The molecule has 2 aromatic carbocycles. The molecule has 2 aromatic heterocycles. The number of fused-ring (bicyclic) bond motifs is 1. The quantitative estimate of drug-likeness (QED) is 0.421. The van der Waals surface area contributed by atoms with Crippen LogP contribution in [0.25, 0.3) is 10.2 Å². The molecule has 1 aliphatic rings. The lowest BCUT2D eigenvalue weighted by atomic mass is 9.96. The number of carbonyl (C=O) groups excluding carboxylic acids is 1. The van der Waals surface area contributed by atoms with Crippen LogP contribution in [0.1, 0.15) is 45.8 Å². The summed E-state index contributed by atoms with van der Waals surface area (Å²) >= 11 is 8.04. The fraction of sp³-hybridized carbons (Fsp3) is 0.308. The van der Waals surface area contributed by atoms with Crippen molar-refractivity contribution in [3.05, 3.63) is 87.4 Å². The van der Waals surface area contributed by atoms with Gasteiger partial charge in [-0.25, -0.2) is 15.0 Å². The van der Waals surface area contributed by atoms with E-state index in [1.54, 1.807) is 17.5 Å². The van der Waals surface area contributed by atoms with Crippen LogP contribution >= 0.6 is 22.9 Å². The van der Waals surface area contributed by atoms with E-state index in [0.717, 1.165) is 53.0 Å². The van der Waals surface area contributed by atoms with Crippen molar-refractivity contribution >= 4 is 39.1 Å². The van der Waals surface area contributed by atoms with Gasteiger partial charge in [-0.15, -0.1) is 11.3 Å². The van der Waals surface area contributed by atoms with Gasteiger partial charge in [0.1, 0.15) is 5.82 Å². The summed E-state index contributed by atoms with van der Waals surface area (Å²) in [6.07, 6.45) is 4.85. The van der Waals surface area contributed by atoms with E-state index in [-0.39, 0.29) is 5.91 Å². The van der Waals surface area contributed by atoms with E-state index in [9.17, 15) is 4.79 Å². The lowest BCUT2D eigenvalue weighted by Gasteiger charge is -2.31. The molecule has 34 heavy (non-hydrogen) atoms. The zero-order valence-corrected chi connectivity index (χ0v) is 20.4. The number of aromatic nitrogens is 3. The Morgan fingerprint density at radius 2 is 1.82 bits per heavy atom. The molecule has 0 saturated carbocycles. The predicted molar refractivity (Wildman–Crippen MR) is 136 cm³/mol. The van der Waals surface area contributed by atoms with Gasteiger partial charge in [-0.05, 0) is 60.7 Å². The first-order valence-corrected chi connectivity index (χ1v) is 12.8. The molecule has 0 atom stereocenters. The number of carbonyl (C=O) groups is 1. The second-order valence-electron chi connectivity index (χ2n) is 8.76. The first-order valence-electron chi connectivity index (χ1n) is 11.5. The van der Waals surface area contributed by atoms with Gasteiger partial charge in [-0.1, -0.05) is 29.8 Å². The fourth-order valence-electron chi connectivity index (χ4n) is 4.36. The summed E-state index contributed by atoms with van der Waals surface area (Å²) in [6.45, 7) is 2.26. The number of nitrogens with zero attached hydrogens (tertiary/aromatic N) is 4. The van der Waals surface area contributed by atoms with Crippen molar-refractivity contribution in [3.8, 4) is 0 Å². The summed E-state index contributed by atoms with van der Waals surface area (Å²) < 4.78 is 1.15. The molecule has 0 aliphatic carbocycles. The smallest absolute Gasteiger partial charge is 0.253 e. The van der Waals surface area contributed by atoms with Gasteiger partial charge >= 0.3 is 0 Å². The fourth-order valence-corrected chi connectivity index (χ4v) is 5.26. The van der Waals surface area contributed by atoms with E-state index >= 15 is 0 Å². The second kappa shape index (κ2) is 10.2. The van der Waals surface area contributed by atoms with Gasteiger partial charge in [0.15, 0.2) is 0 Å². The van der Waals surface area contributed by atoms with Crippen LogP contribution in [0.2, 0.25) is 5.02 Å². The highest BCUT2D eigenvalue weighted by molar-refractivity contribution is 7.16. The molecular weight excluding hydrogens is 466 g/mol. The maximum Gasteiger partial charge on any atom is 0.253 e. The topological polar surface area (TPSA) is 85.0 Å². The number of amides is 1. The number of hydrogen-bond donors (Lipinski definition) is 1. The third-order valence-electron chi connectivity index (χ3n) is 6.43. The SMILES string of the molecule is NCC1CCN(C(=O)c2ccc(Cc3ncc(Cl)c(Cc4ccc5ncsc5c4)n3)cc2)CC1. The predicted octanol–water partition coefficient (Wildman–Crippen LogP) is 4.73. The standard InChI is InChI=1S/C26H26ClN5OS/c27-21-15-29-25(31-23(21)11-19-3-6-22-24(12-19)34-16-30-22)13-17-1-4-20(5-2-17)26(33)32-9-7-18(14-28)8-10-32/h1-6,12,15-16,18H,7-11,13-14,28H2. The Labute approximate surface area is 207 Å². The highest BCUT2D eigenvalue weighted by atomic mass is 35.5. The average molecular weight is 492 g/mol. The number of hydrogen-bond acceptors (Lipinski definition) is 6. The van der Waals surface area contributed by atoms with Crippen molar-refractivity contribution in [1.82, 2.24) is 19.9 Å². The van der Waals surface area contributed by atoms with Crippen molar-refractivity contribution in [2.75, 3.05) is 19.6 Å². The maximum absolute atomic E-state index is 12.8. The molecule has 8 heteroatoms. The first-order chi connectivity index (χ1) is 16.6. The first kappa shape index (κ1) is 22.9. The van der Waals surface area contributed by atoms with E-state index in [1.807, 2.05) is 40.7 Å². The van der Waals surface area contributed by atoms with Crippen molar-refractivity contribution in [2.45, 2.75) is 25.7 Å². The molecular formula is C26H26ClN5OS. The van der Waals surface area contributed by atoms with Gasteiger partial charge in [0.25, 0.3) is 5.91 Å². The third kappa shape index (κ3) is 5.12. The largest absolute Gasteiger partial charge is 0.339 e. The summed E-state index contributed by atoms with van der Waals surface area (Å²) in [4.78, 5) is 28.3. The lowest BCUT2D eigenvalue weighted by Crippen LogP contribution is -2.40. The summed E-state index contributed by atoms with van der Waals surface area (Å²) in [6, 6.07) is 14.0. The number of nitrogens with two attached hydrogens (primary N) is 1. The number of thiazole rings is 1. The summed E-state index contributed by atoms with van der Waals surface area (Å²) in [5, 5.41) is 0.563. The van der Waals surface area contributed by atoms with E-state index in [2.05, 4.69) is 22.1 Å². The van der Waals surface area contributed by atoms with Crippen LogP contribution in [0.3, 0.4) is 0 Å². The molecule has 2 N–H and O–H groups in total. The van der Waals surface area contributed by atoms with Crippen molar-refractivity contribution in [2.24, 2.45) is 11.7 Å². The summed E-state index contributed by atoms with van der Waals surface area (Å²) in [7, 11) is 0. The lowest BCUT2D eigenvalue weighted by molar-refractivity contribution is 0.0693. The Kier molecular flexibility index (Phi) is 6.85. The van der Waals surface area contributed by atoms with E-state index < -0.39 is 0 Å². The summed E-state index contributed by atoms with van der Waals surface area (Å²) in [5.41, 5.74) is 12.3. The van der Waals surface area contributed by atoms with Gasteiger partial charge in [-0.3, -0.25) is 4.79 Å². The number of rotatable bonds is 6. The highest BCUT2D eigenvalue weighted by Crippen LogP contribution is 2.23. The van der Waals surface area contributed by atoms with Crippen LogP contribution in [0.4, 0.5) is 0 Å². The van der Waals surface area contributed by atoms with Crippen LogP contribution in [0, 0.1) is 5.92 Å². The Hall–Kier alpha value is -2.87. The van der Waals surface area contributed by atoms with Crippen molar-refractivity contribution in [3.63, 3.8) is 0 Å². The molecule has 1 fully saturated rings. The van der Waals surface area contributed by atoms with E-state index in [4.69, 9.17) is 22.3 Å². The molecule has 174 valence electrons. The number of piperidine rings is 1. The minimum absolute atomic E-state index is 0.0879. The molecule has 0 bridgehead atoms. The van der Waals surface area contributed by atoms with Gasteiger partial charge in [-0.2, -0.15) is 0 Å². The number of likely N-dealkylation sites (tertiary alicyclic amines) is 1. The monoisotopic (exact) mass is 491 g/mol. The molecule has 1 amide bonds. The number of benzene rings is 2. The van der Waals surface area contributed by atoms with Gasteiger partial charge < -0.3 is 10.6 Å². The Morgan fingerprint density at radius 3 is 2.59 bits per heavy atom. The molecule has 3 heterocycles. The minimum Gasteiger partial charge on any atom is -0.339 e. The number of halogens is 1. The summed E-state index contributed by atoms with van der Waals surface area (Å²) in [5.74, 6) is 1.33. The molecule has 0 spiro atoms. The molecule has 6 nitrogen and oxygen atoms in total. The minimum atomic E-state index is 0.0879. The highest BCUT2D eigenvalue weighted by Gasteiger charge is 2.22. The molecule has 4 aromatic rings. The third-order valence-corrected chi connectivity index (χ3v) is 7.54. The van der Waals surface area contributed by atoms with E-state index in [1.165, 1.54) is 0 Å². The molecule has 0 radical (unpaired) electrons. The van der Waals surface area contributed by atoms with Gasteiger partial charge in [0.05, 0.1) is 26.4 Å². The van der Waals surface area contributed by atoms with Gasteiger partial charge in [0.2, 0.25) is 0 Å². The van der Waals surface area contributed by atoms with Crippen LogP contribution in [0.15, 0.2) is 54.2 Å². The average Bonchev–Trinajstić information content (AvgIpc) is 3.34. The van der Waals surface area contributed by atoms with Crippen LogP contribution < -0.4 is 5.73 Å². The second-order valence-corrected chi connectivity index (χ2v) is 10.1. The molecule has 1 aliphatic heterocycles. The Balaban J connectivity index is 1.25. The van der Waals surface area contributed by atoms with Crippen LogP contribution in [0.5, 0.6) is 0 Å². The zero-order chi connectivity index (χ0) is 23.5. The normalized spacial score (nSPS) is 14.6. The molecule has 5 rings (SSSR count). The Morgan fingerprint density at radius 1 is 1.06 bits per heavy atom. The van der Waals surface area contributed by atoms with Crippen molar-refractivity contribution in [1.29, 1.82) is 0 Å². The maximum atomic E-state index is 12.8. The van der Waals surface area contributed by atoms with Crippen molar-refractivity contribution < 1.29 is 4.79 Å². The Bertz CT molecular complexity index is 1300. The zero-order valence-electron chi connectivity index (χ0n) is 18.8.